The van der Waals surface area contributed by atoms with Gasteiger partial charge < -0.3 is 10.2 Å². The molecular weight excluding hydrogens is 378 g/mol. The first-order valence-corrected chi connectivity index (χ1v) is 8.76. The summed E-state index contributed by atoms with van der Waals surface area (Å²) in [5.41, 5.74) is 8.45. The fraction of sp³-hybridized carbons (Fsp3) is 0. The normalized spacial score (nSPS) is 11.7. The van der Waals surface area contributed by atoms with Gasteiger partial charge in [-0.3, -0.25) is 4.79 Å². The lowest BCUT2D eigenvalue weighted by atomic mass is 10.0. The van der Waals surface area contributed by atoms with Crippen molar-refractivity contribution < 1.29 is 9.21 Å². The van der Waals surface area contributed by atoms with Crippen molar-refractivity contribution in [2.24, 2.45) is 10.8 Å². The summed E-state index contributed by atoms with van der Waals surface area (Å²) in [5, 5.41) is 6.91. The third-order valence-corrected chi connectivity index (χ3v) is 4.52. The second kappa shape index (κ2) is 7.17. The fourth-order valence-electron chi connectivity index (χ4n) is 2.92. The molecule has 6 nitrogen and oxygen atoms in total. The van der Waals surface area contributed by atoms with Crippen LogP contribution in [0.1, 0.15) is 15.9 Å². The molecule has 1 amide bonds. The lowest BCUT2D eigenvalue weighted by Gasteiger charge is -2.06. The van der Waals surface area contributed by atoms with E-state index in [1.165, 1.54) is 6.07 Å². The average Bonchev–Trinajstić information content (AvgIpc) is 2.71. The number of carbonyl (C=O) groups excluding carboxylic acids is 1. The van der Waals surface area contributed by atoms with Gasteiger partial charge in [-0.2, -0.15) is 5.10 Å². The number of amides is 1. The van der Waals surface area contributed by atoms with Gasteiger partial charge in [-0.1, -0.05) is 48.0 Å². The van der Waals surface area contributed by atoms with Gasteiger partial charge in [0.2, 0.25) is 0 Å². The Bertz CT molecular complexity index is 1310. The summed E-state index contributed by atoms with van der Waals surface area (Å²) < 4.78 is 5.38. The van der Waals surface area contributed by atoms with Crippen LogP contribution in [0, 0.1) is 0 Å². The smallest absolute Gasteiger partial charge is 0.347 e. The molecule has 0 saturated heterocycles. The molecule has 28 heavy (non-hydrogen) atoms. The van der Waals surface area contributed by atoms with Gasteiger partial charge in [0, 0.05) is 16.0 Å². The van der Waals surface area contributed by atoms with Crippen molar-refractivity contribution in [3.8, 4) is 0 Å². The summed E-state index contributed by atoms with van der Waals surface area (Å²) >= 11 is 5.88. The van der Waals surface area contributed by atoms with E-state index in [1.807, 2.05) is 30.3 Å². The zero-order chi connectivity index (χ0) is 19.7. The molecule has 1 aromatic heterocycles. The van der Waals surface area contributed by atoms with Gasteiger partial charge in [-0.05, 0) is 41.1 Å². The number of benzene rings is 3. The summed E-state index contributed by atoms with van der Waals surface area (Å²) in [7, 11) is 0. The van der Waals surface area contributed by atoms with Crippen LogP contribution in [-0.2, 0) is 0 Å². The molecule has 0 saturated carbocycles. The Labute approximate surface area is 164 Å². The van der Waals surface area contributed by atoms with Crippen LogP contribution in [0.2, 0.25) is 5.02 Å². The Morgan fingerprint density at radius 2 is 1.82 bits per heavy atom. The van der Waals surface area contributed by atoms with E-state index in [4.69, 9.17) is 21.8 Å². The van der Waals surface area contributed by atoms with E-state index < -0.39 is 11.5 Å². The van der Waals surface area contributed by atoms with Crippen LogP contribution < -0.4 is 16.8 Å². The number of hydrogen-bond acceptors (Lipinski definition) is 4. The topological polar surface area (TPSA) is 97.7 Å². The highest BCUT2D eigenvalue weighted by Crippen LogP contribution is 2.24. The molecule has 0 spiro atoms. The number of amidine groups is 1. The number of carbonyl (C=O) groups is 1. The van der Waals surface area contributed by atoms with E-state index >= 15 is 0 Å². The zero-order valence-electron chi connectivity index (χ0n) is 14.5. The maximum absolute atomic E-state index is 12.3. The maximum atomic E-state index is 12.3. The number of nitrogens with two attached hydrogens (primary N) is 1. The first-order valence-electron chi connectivity index (χ1n) is 8.38. The number of halogens is 1. The van der Waals surface area contributed by atoms with Gasteiger partial charge in [0.1, 0.15) is 11.1 Å². The molecule has 1 heterocycles. The molecule has 4 aromatic rings. The highest BCUT2D eigenvalue weighted by Gasteiger charge is 2.12. The summed E-state index contributed by atoms with van der Waals surface area (Å²) in [6, 6.07) is 19.3. The van der Waals surface area contributed by atoms with Crippen LogP contribution in [0.3, 0.4) is 0 Å². The molecule has 0 aliphatic carbocycles. The maximum Gasteiger partial charge on any atom is 0.347 e. The Morgan fingerprint density at radius 1 is 1.00 bits per heavy atom. The van der Waals surface area contributed by atoms with Crippen molar-refractivity contribution >= 4 is 45.1 Å². The van der Waals surface area contributed by atoms with E-state index in [2.05, 4.69) is 10.5 Å². The van der Waals surface area contributed by atoms with Crippen molar-refractivity contribution in [3.05, 3.63) is 93.3 Å². The molecule has 3 aromatic carbocycles. The molecule has 3 N–H and O–H groups in total. The Hall–Kier alpha value is -3.64. The molecule has 0 aliphatic heterocycles. The van der Waals surface area contributed by atoms with Gasteiger partial charge in [0.05, 0.1) is 0 Å². The van der Waals surface area contributed by atoms with Gasteiger partial charge >= 0.3 is 5.63 Å². The van der Waals surface area contributed by atoms with E-state index in [9.17, 15) is 9.59 Å². The van der Waals surface area contributed by atoms with Crippen LogP contribution in [-0.4, -0.2) is 11.7 Å². The van der Waals surface area contributed by atoms with E-state index in [1.54, 1.807) is 30.3 Å². The molecular formula is C21H14ClN3O3. The van der Waals surface area contributed by atoms with Crippen molar-refractivity contribution in [2.45, 2.75) is 0 Å². The number of hydrazone groups is 1. The van der Waals surface area contributed by atoms with Crippen molar-refractivity contribution in [3.63, 3.8) is 0 Å². The average molecular weight is 392 g/mol. The van der Waals surface area contributed by atoms with Crippen LogP contribution >= 0.6 is 11.6 Å². The SMILES string of the molecule is N/C(=N\NC(=O)c1cccc(Cl)c1)c1cc2c(ccc3ccccc32)oc1=O. The molecule has 4 rings (SSSR count). The Morgan fingerprint density at radius 3 is 2.64 bits per heavy atom. The van der Waals surface area contributed by atoms with Gasteiger partial charge in [-0.25, -0.2) is 10.2 Å². The number of hydrogen-bond donors (Lipinski definition) is 2. The zero-order valence-corrected chi connectivity index (χ0v) is 15.2. The third-order valence-electron chi connectivity index (χ3n) is 4.28. The molecule has 0 atom stereocenters. The van der Waals surface area contributed by atoms with E-state index in [0.717, 1.165) is 16.2 Å². The minimum absolute atomic E-state index is 0.0650. The Kier molecular flexibility index (Phi) is 4.55. The monoisotopic (exact) mass is 391 g/mol. The number of nitrogens with zero attached hydrogens (tertiary/aromatic N) is 1. The number of rotatable bonds is 3. The summed E-state index contributed by atoms with van der Waals surface area (Å²) in [4.78, 5) is 24.5. The molecule has 138 valence electrons. The van der Waals surface area contributed by atoms with Crippen LogP contribution in [0.15, 0.2) is 81.0 Å². The first-order chi connectivity index (χ1) is 13.5. The second-order valence-corrected chi connectivity index (χ2v) is 6.53. The largest absolute Gasteiger partial charge is 0.422 e. The lowest BCUT2D eigenvalue weighted by Crippen LogP contribution is -2.27. The molecule has 0 radical (unpaired) electrons. The fourth-order valence-corrected chi connectivity index (χ4v) is 3.11. The predicted octanol–water partition coefficient (Wildman–Crippen LogP) is 3.65. The lowest BCUT2D eigenvalue weighted by molar-refractivity contribution is 0.0955. The standard InChI is InChI=1S/C21H14ClN3O3/c22-14-6-3-5-13(10-14)20(26)25-24-19(23)17-11-16-15-7-2-1-4-12(15)8-9-18(16)28-21(17)27/h1-11H,(H2,23,24)(H,25,26). The third kappa shape index (κ3) is 3.33. The quantitative estimate of drug-likeness (QED) is 0.183. The summed E-state index contributed by atoms with van der Waals surface area (Å²) in [5.74, 6) is -0.653. The van der Waals surface area contributed by atoms with Gasteiger partial charge in [0.25, 0.3) is 5.91 Å². The molecule has 0 aliphatic rings. The number of nitrogens with one attached hydrogen (secondary N) is 1. The van der Waals surface area contributed by atoms with Crippen LogP contribution in [0.25, 0.3) is 21.7 Å². The van der Waals surface area contributed by atoms with Gasteiger partial charge in [-0.15, -0.1) is 0 Å². The predicted molar refractivity (Wildman–Crippen MR) is 110 cm³/mol. The Balaban J connectivity index is 1.72. The summed E-state index contributed by atoms with van der Waals surface area (Å²) in [6.45, 7) is 0. The van der Waals surface area contributed by atoms with Crippen molar-refractivity contribution in [1.29, 1.82) is 0 Å². The summed E-state index contributed by atoms with van der Waals surface area (Å²) in [6.07, 6.45) is 0. The highest BCUT2D eigenvalue weighted by atomic mass is 35.5. The number of fused-ring (bicyclic) bond motifs is 3. The minimum atomic E-state index is -0.638. The van der Waals surface area contributed by atoms with Crippen molar-refractivity contribution in [2.75, 3.05) is 0 Å². The van der Waals surface area contributed by atoms with Crippen molar-refractivity contribution in [1.82, 2.24) is 5.43 Å². The van der Waals surface area contributed by atoms with Crippen LogP contribution in [0.4, 0.5) is 0 Å². The second-order valence-electron chi connectivity index (χ2n) is 6.09. The molecule has 7 heteroatoms. The van der Waals surface area contributed by atoms with Crippen LogP contribution in [0.5, 0.6) is 0 Å². The first kappa shape index (κ1) is 17.8. The minimum Gasteiger partial charge on any atom is -0.422 e. The molecule has 0 fully saturated rings. The van der Waals surface area contributed by atoms with E-state index in [0.29, 0.717) is 16.2 Å². The highest BCUT2D eigenvalue weighted by molar-refractivity contribution is 6.31. The molecule has 0 unspecified atom stereocenters. The molecule has 0 bridgehead atoms. The van der Waals surface area contributed by atoms with E-state index in [-0.39, 0.29) is 11.4 Å². The van der Waals surface area contributed by atoms with Gasteiger partial charge in [0.15, 0.2) is 5.84 Å².